The Morgan fingerprint density at radius 2 is 1.64 bits per heavy atom. The lowest BCUT2D eigenvalue weighted by atomic mass is 10.2. The van der Waals surface area contributed by atoms with Crippen LogP contribution < -0.4 is 20.3 Å². The third-order valence-electron chi connectivity index (χ3n) is 3.52. The number of nitrogens with one attached hydrogen (secondary N) is 2. The van der Waals surface area contributed by atoms with Crippen molar-refractivity contribution in [2.45, 2.75) is 0 Å². The summed E-state index contributed by atoms with van der Waals surface area (Å²) in [5.41, 5.74) is 5.47. The van der Waals surface area contributed by atoms with Crippen LogP contribution in [0, 0.1) is 0 Å². The molecule has 0 spiro atoms. The van der Waals surface area contributed by atoms with E-state index in [0.29, 0.717) is 22.6 Å². The molecule has 28 heavy (non-hydrogen) atoms. The Morgan fingerprint density at radius 1 is 0.929 bits per heavy atom. The Bertz CT molecular complexity index is 864. The summed E-state index contributed by atoms with van der Waals surface area (Å²) >= 11 is 0. The number of ether oxygens (including phenoxy) is 3. The minimum Gasteiger partial charge on any atom is -0.493 e. The molecule has 0 atom stereocenters. The lowest BCUT2D eigenvalue weighted by Crippen LogP contribution is -2.43. The Morgan fingerprint density at radius 3 is 2.32 bits per heavy atom. The first-order chi connectivity index (χ1) is 13.5. The van der Waals surface area contributed by atoms with Gasteiger partial charge >= 0.3 is 5.97 Å². The highest BCUT2D eigenvalue weighted by atomic mass is 16.5. The first kappa shape index (κ1) is 20.5. The molecule has 0 fully saturated rings. The predicted octanol–water partition coefficient (Wildman–Crippen LogP) is 1.72. The molecule has 2 amide bonds. The number of hydrogen-bond acceptors (Lipinski definition) is 6. The van der Waals surface area contributed by atoms with Crippen LogP contribution in [0.2, 0.25) is 0 Å². The van der Waals surface area contributed by atoms with Gasteiger partial charge in [-0.05, 0) is 35.9 Å². The Kier molecular flexibility index (Phi) is 7.59. The second-order valence-electron chi connectivity index (χ2n) is 5.42. The van der Waals surface area contributed by atoms with Crippen molar-refractivity contribution in [1.82, 2.24) is 10.9 Å². The molecule has 2 rings (SSSR count). The molecular formula is C20H20N2O6. The molecule has 0 heterocycles. The monoisotopic (exact) mass is 384 g/mol. The zero-order valence-electron chi connectivity index (χ0n) is 15.4. The van der Waals surface area contributed by atoms with E-state index >= 15 is 0 Å². The van der Waals surface area contributed by atoms with Crippen LogP contribution in [0.4, 0.5) is 0 Å². The summed E-state index contributed by atoms with van der Waals surface area (Å²) in [6.07, 6.45) is 2.69. The maximum absolute atomic E-state index is 11.8. The summed E-state index contributed by atoms with van der Waals surface area (Å²) in [6, 6.07) is 13.5. The van der Waals surface area contributed by atoms with Gasteiger partial charge in [-0.25, -0.2) is 4.79 Å². The van der Waals surface area contributed by atoms with Gasteiger partial charge in [0, 0.05) is 11.6 Å². The molecule has 2 N–H and O–H groups in total. The average molecular weight is 384 g/mol. The van der Waals surface area contributed by atoms with Crippen molar-refractivity contribution in [3.63, 3.8) is 0 Å². The fourth-order valence-electron chi connectivity index (χ4n) is 2.13. The number of hydrogen-bond donors (Lipinski definition) is 2. The van der Waals surface area contributed by atoms with Crippen LogP contribution in [-0.4, -0.2) is 38.6 Å². The van der Waals surface area contributed by atoms with Crippen molar-refractivity contribution in [3.05, 3.63) is 65.7 Å². The fourth-order valence-corrected chi connectivity index (χ4v) is 2.13. The minimum atomic E-state index is -0.709. The van der Waals surface area contributed by atoms with Crippen LogP contribution in [0.5, 0.6) is 11.5 Å². The summed E-state index contributed by atoms with van der Waals surface area (Å²) in [4.78, 5) is 35.2. The van der Waals surface area contributed by atoms with Crippen molar-refractivity contribution >= 4 is 23.9 Å². The summed E-state index contributed by atoms with van der Waals surface area (Å²) in [5, 5.41) is 0. The lowest BCUT2D eigenvalue weighted by Gasteiger charge is -2.08. The van der Waals surface area contributed by atoms with E-state index in [0.717, 1.165) is 0 Å². The van der Waals surface area contributed by atoms with Crippen LogP contribution in [0.1, 0.15) is 15.9 Å². The van der Waals surface area contributed by atoms with Gasteiger partial charge in [0.2, 0.25) is 0 Å². The van der Waals surface area contributed by atoms with Crippen molar-refractivity contribution in [3.8, 4) is 11.5 Å². The van der Waals surface area contributed by atoms with Crippen LogP contribution in [0.25, 0.3) is 6.08 Å². The van der Waals surface area contributed by atoms with E-state index in [1.165, 1.54) is 26.4 Å². The first-order valence-corrected chi connectivity index (χ1v) is 8.24. The molecule has 0 aliphatic heterocycles. The van der Waals surface area contributed by atoms with Gasteiger partial charge in [-0.2, -0.15) is 0 Å². The number of benzene rings is 2. The molecule has 0 saturated heterocycles. The molecule has 8 heteroatoms. The molecule has 2 aromatic rings. The second-order valence-corrected chi connectivity index (χ2v) is 5.42. The van der Waals surface area contributed by atoms with Crippen LogP contribution >= 0.6 is 0 Å². The molecule has 0 aliphatic carbocycles. The second kappa shape index (κ2) is 10.4. The van der Waals surface area contributed by atoms with Gasteiger partial charge < -0.3 is 14.2 Å². The van der Waals surface area contributed by atoms with Gasteiger partial charge in [-0.15, -0.1) is 0 Å². The molecule has 2 aromatic carbocycles. The molecule has 0 unspecified atom stereocenters. The summed E-state index contributed by atoms with van der Waals surface area (Å²) in [7, 11) is 3.03. The van der Waals surface area contributed by atoms with E-state index < -0.39 is 24.4 Å². The van der Waals surface area contributed by atoms with Crippen molar-refractivity contribution < 1.29 is 28.6 Å². The Hall–Kier alpha value is -3.81. The van der Waals surface area contributed by atoms with E-state index in [1.54, 1.807) is 48.5 Å². The molecule has 0 radical (unpaired) electrons. The average Bonchev–Trinajstić information content (AvgIpc) is 2.74. The van der Waals surface area contributed by atoms with Gasteiger partial charge in [0.1, 0.15) is 0 Å². The number of carbonyl (C=O) groups excluding carboxylic acids is 3. The predicted molar refractivity (Wildman–Crippen MR) is 102 cm³/mol. The standard InChI is InChI=1S/C20H20N2O6/c1-26-16-10-8-14(12-17(16)27-2)9-11-19(24)28-13-18(23)21-22-20(25)15-6-4-3-5-7-15/h3-12H,13H2,1-2H3,(H,21,23)(H,22,25)/b11-9+. The number of carbonyl (C=O) groups is 3. The van der Waals surface area contributed by atoms with E-state index in [2.05, 4.69) is 10.9 Å². The van der Waals surface area contributed by atoms with Gasteiger partial charge in [0.25, 0.3) is 11.8 Å². The first-order valence-electron chi connectivity index (χ1n) is 8.24. The highest BCUT2D eigenvalue weighted by Gasteiger charge is 2.08. The molecule has 0 aliphatic rings. The van der Waals surface area contributed by atoms with Crippen LogP contribution in [-0.2, 0) is 14.3 Å². The molecular weight excluding hydrogens is 364 g/mol. The van der Waals surface area contributed by atoms with Crippen LogP contribution in [0.15, 0.2) is 54.6 Å². The number of amides is 2. The Balaban J connectivity index is 1.78. The van der Waals surface area contributed by atoms with Gasteiger partial charge in [-0.3, -0.25) is 20.4 Å². The molecule has 0 bridgehead atoms. The molecule has 8 nitrogen and oxygen atoms in total. The van der Waals surface area contributed by atoms with Crippen LogP contribution in [0.3, 0.4) is 0 Å². The molecule has 146 valence electrons. The maximum atomic E-state index is 11.8. The van der Waals surface area contributed by atoms with E-state index in [4.69, 9.17) is 14.2 Å². The largest absolute Gasteiger partial charge is 0.493 e. The minimum absolute atomic E-state index is 0.387. The number of rotatable bonds is 7. The fraction of sp³-hybridized carbons (Fsp3) is 0.150. The van der Waals surface area contributed by atoms with Crippen molar-refractivity contribution in [2.75, 3.05) is 20.8 Å². The third kappa shape index (κ3) is 6.17. The van der Waals surface area contributed by atoms with Gasteiger partial charge in [0.05, 0.1) is 14.2 Å². The Labute approximate surface area is 162 Å². The van der Waals surface area contributed by atoms with E-state index in [9.17, 15) is 14.4 Å². The highest BCUT2D eigenvalue weighted by Crippen LogP contribution is 2.27. The van der Waals surface area contributed by atoms with E-state index in [-0.39, 0.29) is 0 Å². The topological polar surface area (TPSA) is 103 Å². The summed E-state index contributed by atoms with van der Waals surface area (Å²) in [5.74, 6) is -0.770. The quantitative estimate of drug-likeness (QED) is 0.428. The zero-order chi connectivity index (χ0) is 20.4. The summed E-state index contributed by atoms with van der Waals surface area (Å²) in [6.45, 7) is -0.538. The summed E-state index contributed by atoms with van der Waals surface area (Å²) < 4.78 is 15.1. The van der Waals surface area contributed by atoms with Gasteiger partial charge in [0.15, 0.2) is 18.1 Å². The van der Waals surface area contributed by atoms with E-state index in [1.807, 2.05) is 0 Å². The number of hydrazine groups is 1. The molecule has 0 aromatic heterocycles. The maximum Gasteiger partial charge on any atom is 0.331 e. The third-order valence-corrected chi connectivity index (χ3v) is 3.52. The lowest BCUT2D eigenvalue weighted by molar-refractivity contribution is -0.144. The normalized spacial score (nSPS) is 10.2. The van der Waals surface area contributed by atoms with Gasteiger partial charge in [-0.1, -0.05) is 24.3 Å². The molecule has 0 saturated carbocycles. The zero-order valence-corrected chi connectivity index (χ0v) is 15.4. The number of methoxy groups -OCH3 is 2. The van der Waals surface area contributed by atoms with Crippen molar-refractivity contribution in [2.24, 2.45) is 0 Å². The SMILES string of the molecule is COc1ccc(/C=C/C(=O)OCC(=O)NNC(=O)c2ccccc2)cc1OC. The smallest absolute Gasteiger partial charge is 0.331 e. The highest BCUT2D eigenvalue weighted by molar-refractivity contribution is 5.95. The number of esters is 1. The van der Waals surface area contributed by atoms with Crippen molar-refractivity contribution in [1.29, 1.82) is 0 Å².